The van der Waals surface area contributed by atoms with Gasteiger partial charge in [-0.2, -0.15) is 0 Å². The molecule has 0 radical (unpaired) electrons. The number of azo groups is 1. The summed E-state index contributed by atoms with van der Waals surface area (Å²) in [5.74, 6) is 0.866. The summed E-state index contributed by atoms with van der Waals surface area (Å²) in [6.07, 6.45) is 1.89. The SMILES string of the molecule is Cc1nc2ccccn2c1N=Nc1cccc(O)c1. The summed E-state index contributed by atoms with van der Waals surface area (Å²) < 4.78 is 1.88. The molecule has 0 unspecified atom stereocenters. The maximum Gasteiger partial charge on any atom is 0.182 e. The van der Waals surface area contributed by atoms with Crippen molar-refractivity contribution in [2.75, 3.05) is 0 Å². The summed E-state index contributed by atoms with van der Waals surface area (Å²) >= 11 is 0. The predicted octanol–water partition coefficient (Wildman–Crippen LogP) is 3.76. The van der Waals surface area contributed by atoms with Gasteiger partial charge in [0.15, 0.2) is 5.82 Å². The van der Waals surface area contributed by atoms with Crippen LogP contribution in [0, 0.1) is 6.92 Å². The van der Waals surface area contributed by atoms with E-state index >= 15 is 0 Å². The average molecular weight is 252 g/mol. The van der Waals surface area contributed by atoms with E-state index < -0.39 is 0 Å². The van der Waals surface area contributed by atoms with Crippen LogP contribution in [0.4, 0.5) is 11.5 Å². The second kappa shape index (κ2) is 4.53. The van der Waals surface area contributed by atoms with Crippen molar-refractivity contribution in [2.24, 2.45) is 10.2 Å². The van der Waals surface area contributed by atoms with Crippen molar-refractivity contribution in [3.05, 3.63) is 54.4 Å². The fraction of sp³-hybridized carbons (Fsp3) is 0.0714. The highest BCUT2D eigenvalue weighted by Gasteiger charge is 2.06. The fourth-order valence-corrected chi connectivity index (χ4v) is 1.88. The molecule has 0 spiro atoms. The smallest absolute Gasteiger partial charge is 0.182 e. The molecule has 0 fully saturated rings. The largest absolute Gasteiger partial charge is 0.508 e. The topological polar surface area (TPSA) is 62.2 Å². The minimum absolute atomic E-state index is 0.173. The second-order valence-corrected chi connectivity index (χ2v) is 4.17. The van der Waals surface area contributed by atoms with Crippen LogP contribution in [0.1, 0.15) is 5.69 Å². The number of aromatic nitrogens is 2. The Bertz CT molecular complexity index is 761. The summed E-state index contributed by atoms with van der Waals surface area (Å²) in [5, 5.41) is 17.7. The third-order valence-corrected chi connectivity index (χ3v) is 2.76. The van der Waals surface area contributed by atoms with Gasteiger partial charge in [-0.15, -0.1) is 10.2 Å². The lowest BCUT2D eigenvalue weighted by atomic mass is 10.3. The maximum absolute atomic E-state index is 9.38. The zero-order valence-corrected chi connectivity index (χ0v) is 10.4. The van der Waals surface area contributed by atoms with Gasteiger partial charge in [-0.25, -0.2) is 4.98 Å². The van der Waals surface area contributed by atoms with Crippen LogP contribution in [0.5, 0.6) is 5.75 Å². The van der Waals surface area contributed by atoms with Gasteiger partial charge >= 0.3 is 0 Å². The van der Waals surface area contributed by atoms with E-state index in [2.05, 4.69) is 15.2 Å². The van der Waals surface area contributed by atoms with Gasteiger partial charge in [-0.1, -0.05) is 12.1 Å². The molecule has 3 aromatic rings. The molecule has 1 N–H and O–H groups in total. The molecule has 0 aliphatic heterocycles. The lowest BCUT2D eigenvalue weighted by Gasteiger charge is -1.96. The van der Waals surface area contributed by atoms with E-state index in [9.17, 15) is 5.11 Å². The van der Waals surface area contributed by atoms with Crippen LogP contribution in [-0.4, -0.2) is 14.5 Å². The minimum Gasteiger partial charge on any atom is -0.508 e. The van der Waals surface area contributed by atoms with Crippen molar-refractivity contribution < 1.29 is 5.11 Å². The average Bonchev–Trinajstić information content (AvgIpc) is 2.72. The Balaban J connectivity index is 2.03. The monoisotopic (exact) mass is 252 g/mol. The molecule has 2 heterocycles. The van der Waals surface area contributed by atoms with Crippen molar-refractivity contribution >= 4 is 17.2 Å². The van der Waals surface area contributed by atoms with Crippen molar-refractivity contribution in [1.29, 1.82) is 0 Å². The number of aromatic hydroxyl groups is 1. The fourth-order valence-electron chi connectivity index (χ4n) is 1.88. The number of aryl methyl sites for hydroxylation is 1. The molecule has 0 aliphatic rings. The standard InChI is InChI=1S/C14H12N4O/c1-10-14(18-8-3-2-7-13(18)15-10)17-16-11-5-4-6-12(19)9-11/h2-9,19H,1H3. The van der Waals surface area contributed by atoms with Gasteiger partial charge < -0.3 is 5.11 Å². The molecule has 0 aliphatic carbocycles. The van der Waals surface area contributed by atoms with E-state index in [1.54, 1.807) is 24.3 Å². The molecule has 0 atom stereocenters. The lowest BCUT2D eigenvalue weighted by Crippen LogP contribution is -1.80. The zero-order valence-electron chi connectivity index (χ0n) is 10.4. The van der Waals surface area contributed by atoms with Crippen LogP contribution in [0.25, 0.3) is 5.65 Å². The number of rotatable bonds is 2. The Morgan fingerprint density at radius 2 is 2.00 bits per heavy atom. The minimum atomic E-state index is 0.173. The molecule has 19 heavy (non-hydrogen) atoms. The Kier molecular flexibility index (Phi) is 2.72. The molecule has 2 aromatic heterocycles. The first-order valence-electron chi connectivity index (χ1n) is 5.88. The van der Waals surface area contributed by atoms with E-state index in [0.29, 0.717) is 11.5 Å². The van der Waals surface area contributed by atoms with Gasteiger partial charge in [0.2, 0.25) is 0 Å². The molecule has 0 saturated carbocycles. The second-order valence-electron chi connectivity index (χ2n) is 4.17. The lowest BCUT2D eigenvalue weighted by molar-refractivity contribution is 0.475. The third-order valence-electron chi connectivity index (χ3n) is 2.76. The molecular weight excluding hydrogens is 240 g/mol. The number of pyridine rings is 1. The summed E-state index contributed by atoms with van der Waals surface area (Å²) in [5.41, 5.74) is 2.25. The van der Waals surface area contributed by atoms with Crippen LogP contribution >= 0.6 is 0 Å². The summed E-state index contributed by atoms with van der Waals surface area (Å²) in [6.45, 7) is 1.89. The van der Waals surface area contributed by atoms with Crippen LogP contribution in [-0.2, 0) is 0 Å². The number of imidazole rings is 1. The third kappa shape index (κ3) is 2.18. The van der Waals surface area contributed by atoms with Gasteiger partial charge in [0.1, 0.15) is 11.4 Å². The van der Waals surface area contributed by atoms with Gasteiger partial charge in [0.25, 0.3) is 0 Å². The van der Waals surface area contributed by atoms with Gasteiger partial charge in [0, 0.05) is 12.3 Å². The highest BCUT2D eigenvalue weighted by Crippen LogP contribution is 2.24. The Hall–Kier alpha value is -2.69. The molecule has 0 amide bonds. The normalized spacial score (nSPS) is 11.4. The van der Waals surface area contributed by atoms with Gasteiger partial charge in [0.05, 0.1) is 11.4 Å². The zero-order chi connectivity index (χ0) is 13.2. The Morgan fingerprint density at radius 3 is 2.84 bits per heavy atom. The number of phenolic OH excluding ortho intramolecular Hbond substituents is 1. The first-order chi connectivity index (χ1) is 9.24. The molecule has 0 saturated heterocycles. The molecule has 0 bridgehead atoms. The van der Waals surface area contributed by atoms with E-state index in [1.165, 1.54) is 0 Å². The van der Waals surface area contributed by atoms with E-state index in [-0.39, 0.29) is 5.75 Å². The van der Waals surface area contributed by atoms with Gasteiger partial charge in [-0.3, -0.25) is 4.40 Å². The van der Waals surface area contributed by atoms with E-state index in [4.69, 9.17) is 0 Å². The van der Waals surface area contributed by atoms with E-state index in [0.717, 1.165) is 11.3 Å². The van der Waals surface area contributed by atoms with E-state index in [1.807, 2.05) is 35.7 Å². The first-order valence-corrected chi connectivity index (χ1v) is 5.88. The number of hydrogen-bond acceptors (Lipinski definition) is 4. The number of fused-ring (bicyclic) bond motifs is 1. The molecule has 5 nitrogen and oxygen atoms in total. The van der Waals surface area contributed by atoms with Crippen LogP contribution < -0.4 is 0 Å². The molecule has 5 heteroatoms. The first kappa shape index (κ1) is 11.4. The Morgan fingerprint density at radius 1 is 1.11 bits per heavy atom. The number of phenols is 1. The molecule has 1 aromatic carbocycles. The number of benzene rings is 1. The highest BCUT2D eigenvalue weighted by atomic mass is 16.3. The van der Waals surface area contributed by atoms with Crippen molar-refractivity contribution in [3.8, 4) is 5.75 Å². The molecular formula is C14H12N4O. The highest BCUT2D eigenvalue weighted by molar-refractivity contribution is 5.51. The quantitative estimate of drug-likeness (QED) is 0.706. The molecule has 94 valence electrons. The van der Waals surface area contributed by atoms with Crippen molar-refractivity contribution in [3.63, 3.8) is 0 Å². The van der Waals surface area contributed by atoms with Crippen LogP contribution in [0.2, 0.25) is 0 Å². The van der Waals surface area contributed by atoms with Crippen LogP contribution in [0.3, 0.4) is 0 Å². The molecule has 3 rings (SSSR count). The Labute approximate surface area is 109 Å². The van der Waals surface area contributed by atoms with Crippen molar-refractivity contribution in [1.82, 2.24) is 9.38 Å². The maximum atomic E-state index is 9.38. The van der Waals surface area contributed by atoms with Gasteiger partial charge in [-0.05, 0) is 31.2 Å². The summed E-state index contributed by atoms with van der Waals surface area (Å²) in [4.78, 5) is 4.40. The number of hydrogen-bond donors (Lipinski definition) is 1. The number of nitrogens with zero attached hydrogens (tertiary/aromatic N) is 4. The van der Waals surface area contributed by atoms with Crippen molar-refractivity contribution in [2.45, 2.75) is 6.92 Å². The summed E-state index contributed by atoms with van der Waals surface area (Å²) in [7, 11) is 0. The van der Waals surface area contributed by atoms with Crippen LogP contribution in [0.15, 0.2) is 58.9 Å². The predicted molar refractivity (Wildman–Crippen MR) is 72.2 cm³/mol. The summed E-state index contributed by atoms with van der Waals surface area (Å²) in [6, 6.07) is 12.4.